The van der Waals surface area contributed by atoms with E-state index in [0.29, 0.717) is 5.92 Å². The van der Waals surface area contributed by atoms with Gasteiger partial charge in [0.1, 0.15) is 0 Å². The number of rotatable bonds is 5. The average Bonchev–Trinajstić information content (AvgIpc) is 2.42. The molecule has 2 nitrogen and oxygen atoms in total. The zero-order valence-electron chi connectivity index (χ0n) is 10.1. The monoisotopic (exact) mass is 231 g/mol. The minimum Gasteiger partial charge on any atom is -0.393 e. The van der Waals surface area contributed by atoms with Crippen LogP contribution in [0.15, 0.2) is 0 Å². The van der Waals surface area contributed by atoms with Crippen molar-refractivity contribution in [2.45, 2.75) is 38.2 Å². The van der Waals surface area contributed by atoms with Crippen LogP contribution >= 0.6 is 11.8 Å². The van der Waals surface area contributed by atoms with E-state index in [4.69, 9.17) is 0 Å². The highest BCUT2D eigenvalue weighted by atomic mass is 32.2. The minimum atomic E-state index is -0.0516. The van der Waals surface area contributed by atoms with E-state index in [-0.39, 0.29) is 6.10 Å². The maximum absolute atomic E-state index is 9.99. The Kier molecular flexibility index (Phi) is 6.69. The van der Waals surface area contributed by atoms with Crippen molar-refractivity contribution in [1.29, 1.82) is 0 Å². The molecule has 1 N–H and O–H groups in total. The summed E-state index contributed by atoms with van der Waals surface area (Å²) in [5.74, 6) is 1.71. The predicted molar refractivity (Wildman–Crippen MR) is 68.5 cm³/mol. The number of aliphatic hydroxyl groups excluding tert-OH is 1. The largest absolute Gasteiger partial charge is 0.393 e. The molecule has 1 aliphatic rings. The van der Waals surface area contributed by atoms with E-state index in [1.807, 2.05) is 11.8 Å². The molecule has 0 aromatic heterocycles. The first-order valence-corrected chi connectivity index (χ1v) is 7.49. The number of nitrogens with zero attached hydrogens (tertiary/aromatic N) is 1. The highest BCUT2D eigenvalue weighted by molar-refractivity contribution is 7.98. The quantitative estimate of drug-likeness (QED) is 0.734. The van der Waals surface area contributed by atoms with Crippen LogP contribution in [0.1, 0.15) is 32.1 Å². The van der Waals surface area contributed by atoms with E-state index >= 15 is 0 Å². The summed E-state index contributed by atoms with van der Waals surface area (Å²) in [5, 5.41) is 9.99. The van der Waals surface area contributed by atoms with Crippen LogP contribution in [0.5, 0.6) is 0 Å². The number of hydrogen-bond acceptors (Lipinski definition) is 3. The zero-order chi connectivity index (χ0) is 11.1. The van der Waals surface area contributed by atoms with E-state index in [1.165, 1.54) is 31.4 Å². The van der Waals surface area contributed by atoms with Crippen molar-refractivity contribution in [2.75, 3.05) is 32.1 Å². The van der Waals surface area contributed by atoms with Gasteiger partial charge in [0.2, 0.25) is 0 Å². The normalized spacial score (nSPS) is 28.0. The van der Waals surface area contributed by atoms with Crippen molar-refractivity contribution in [3.05, 3.63) is 0 Å². The Morgan fingerprint density at radius 3 is 2.73 bits per heavy atom. The molecule has 2 atom stereocenters. The first-order valence-electron chi connectivity index (χ1n) is 6.09. The van der Waals surface area contributed by atoms with Crippen LogP contribution in [0.4, 0.5) is 0 Å². The number of thioether (sulfide) groups is 1. The Morgan fingerprint density at radius 2 is 2.00 bits per heavy atom. The topological polar surface area (TPSA) is 23.5 Å². The lowest BCUT2D eigenvalue weighted by Crippen LogP contribution is -2.33. The van der Waals surface area contributed by atoms with Crippen molar-refractivity contribution in [1.82, 2.24) is 4.90 Å². The molecular formula is C12H25NOS. The zero-order valence-corrected chi connectivity index (χ0v) is 10.9. The van der Waals surface area contributed by atoms with Crippen LogP contribution in [0.2, 0.25) is 0 Å². The second-order valence-electron chi connectivity index (χ2n) is 4.72. The van der Waals surface area contributed by atoms with Crippen LogP contribution in [0.25, 0.3) is 0 Å². The molecule has 0 saturated heterocycles. The van der Waals surface area contributed by atoms with Gasteiger partial charge in [-0.3, -0.25) is 0 Å². The molecule has 1 saturated carbocycles. The highest BCUT2D eigenvalue weighted by Gasteiger charge is 2.22. The summed E-state index contributed by atoms with van der Waals surface area (Å²) in [6.07, 6.45) is 8.15. The van der Waals surface area contributed by atoms with E-state index in [1.54, 1.807) is 0 Å². The van der Waals surface area contributed by atoms with Crippen LogP contribution in [-0.4, -0.2) is 48.3 Å². The fourth-order valence-electron chi connectivity index (χ4n) is 2.32. The minimum absolute atomic E-state index is 0.0516. The molecule has 0 aliphatic heterocycles. The molecule has 0 aromatic rings. The third-order valence-electron chi connectivity index (χ3n) is 3.34. The molecule has 1 aliphatic carbocycles. The Hall–Kier alpha value is 0.270. The number of hydrogen-bond donors (Lipinski definition) is 1. The van der Waals surface area contributed by atoms with Gasteiger partial charge in [0.25, 0.3) is 0 Å². The van der Waals surface area contributed by atoms with Gasteiger partial charge >= 0.3 is 0 Å². The van der Waals surface area contributed by atoms with Crippen LogP contribution < -0.4 is 0 Å². The van der Waals surface area contributed by atoms with Crippen LogP contribution in [0, 0.1) is 5.92 Å². The molecule has 3 heteroatoms. The lowest BCUT2D eigenvalue weighted by atomic mass is 9.97. The maximum atomic E-state index is 9.99. The Balaban J connectivity index is 2.27. The van der Waals surface area contributed by atoms with Crippen molar-refractivity contribution in [2.24, 2.45) is 5.92 Å². The van der Waals surface area contributed by atoms with Gasteiger partial charge in [-0.2, -0.15) is 11.8 Å². The molecule has 0 heterocycles. The third-order valence-corrected chi connectivity index (χ3v) is 3.93. The van der Waals surface area contributed by atoms with Crippen LogP contribution in [-0.2, 0) is 0 Å². The van der Waals surface area contributed by atoms with Gasteiger partial charge in [0.15, 0.2) is 0 Å². The first-order chi connectivity index (χ1) is 7.24. The van der Waals surface area contributed by atoms with E-state index in [2.05, 4.69) is 18.2 Å². The maximum Gasteiger partial charge on any atom is 0.0580 e. The molecule has 2 unspecified atom stereocenters. The van der Waals surface area contributed by atoms with Gasteiger partial charge in [-0.1, -0.05) is 19.3 Å². The Morgan fingerprint density at radius 1 is 1.27 bits per heavy atom. The molecule has 0 aromatic carbocycles. The lowest BCUT2D eigenvalue weighted by molar-refractivity contribution is 0.0808. The third kappa shape index (κ3) is 5.23. The van der Waals surface area contributed by atoms with E-state index < -0.39 is 0 Å². The number of aliphatic hydroxyl groups is 1. The van der Waals surface area contributed by atoms with Gasteiger partial charge in [0, 0.05) is 18.8 Å². The highest BCUT2D eigenvalue weighted by Crippen LogP contribution is 2.24. The molecular weight excluding hydrogens is 206 g/mol. The Bertz CT molecular complexity index is 166. The second kappa shape index (κ2) is 7.53. The fraction of sp³-hybridized carbons (Fsp3) is 1.00. The summed E-state index contributed by atoms with van der Waals surface area (Å²) in [4.78, 5) is 2.37. The summed E-state index contributed by atoms with van der Waals surface area (Å²) >= 11 is 1.89. The molecule has 90 valence electrons. The van der Waals surface area contributed by atoms with Gasteiger partial charge in [-0.15, -0.1) is 0 Å². The summed E-state index contributed by atoms with van der Waals surface area (Å²) in [6.45, 7) is 2.21. The summed E-state index contributed by atoms with van der Waals surface area (Å²) < 4.78 is 0. The fourth-order valence-corrected chi connectivity index (χ4v) is 2.81. The van der Waals surface area contributed by atoms with Crippen molar-refractivity contribution in [3.63, 3.8) is 0 Å². The SMILES string of the molecule is CSCCN(C)CC1CCCCCC1O. The molecule has 1 rings (SSSR count). The molecule has 0 amide bonds. The first kappa shape index (κ1) is 13.3. The molecule has 0 spiro atoms. The van der Waals surface area contributed by atoms with Crippen molar-refractivity contribution in [3.8, 4) is 0 Å². The van der Waals surface area contributed by atoms with E-state index in [0.717, 1.165) is 19.5 Å². The van der Waals surface area contributed by atoms with Gasteiger partial charge in [-0.05, 0) is 32.1 Å². The van der Waals surface area contributed by atoms with Gasteiger partial charge in [-0.25, -0.2) is 0 Å². The smallest absolute Gasteiger partial charge is 0.0580 e. The lowest BCUT2D eigenvalue weighted by Gasteiger charge is -2.26. The summed E-state index contributed by atoms with van der Waals surface area (Å²) in [5.41, 5.74) is 0. The molecule has 15 heavy (non-hydrogen) atoms. The van der Waals surface area contributed by atoms with Gasteiger partial charge < -0.3 is 10.0 Å². The summed E-state index contributed by atoms with van der Waals surface area (Å²) in [6, 6.07) is 0. The van der Waals surface area contributed by atoms with Gasteiger partial charge in [0.05, 0.1) is 6.10 Å². The predicted octanol–water partition coefficient (Wildman–Crippen LogP) is 2.22. The average molecular weight is 231 g/mol. The van der Waals surface area contributed by atoms with Crippen molar-refractivity contribution < 1.29 is 5.11 Å². The van der Waals surface area contributed by atoms with Crippen LogP contribution in [0.3, 0.4) is 0 Å². The summed E-state index contributed by atoms with van der Waals surface area (Å²) in [7, 11) is 2.17. The Labute approximate surface area is 98.4 Å². The molecule has 0 bridgehead atoms. The molecule has 1 fully saturated rings. The van der Waals surface area contributed by atoms with E-state index in [9.17, 15) is 5.11 Å². The standard InChI is InChI=1S/C12H25NOS/c1-13(8-9-15-2)10-11-6-4-3-5-7-12(11)14/h11-12,14H,3-10H2,1-2H3. The second-order valence-corrected chi connectivity index (χ2v) is 5.71. The van der Waals surface area contributed by atoms with Crippen molar-refractivity contribution >= 4 is 11.8 Å². The molecule has 0 radical (unpaired) electrons.